The van der Waals surface area contributed by atoms with E-state index in [4.69, 9.17) is 5.73 Å². The fourth-order valence-electron chi connectivity index (χ4n) is 4.20. The van der Waals surface area contributed by atoms with E-state index >= 15 is 0 Å². The average Bonchev–Trinajstić information content (AvgIpc) is 2.68. The van der Waals surface area contributed by atoms with Gasteiger partial charge in [-0.25, -0.2) is 4.39 Å². The summed E-state index contributed by atoms with van der Waals surface area (Å²) in [6.45, 7) is 5.36. The van der Waals surface area contributed by atoms with Gasteiger partial charge in [0.2, 0.25) is 5.91 Å². The number of allylic oxidation sites excluding steroid dienone is 5. The lowest BCUT2D eigenvalue weighted by Crippen LogP contribution is -2.49. The lowest BCUT2D eigenvalue weighted by Gasteiger charge is -2.42. The quantitative estimate of drug-likeness (QED) is 0.835. The standard InChI is InChI=1S/C18H26FN3O/c1-13(20)12-22-9-7-18(8-10-22)16(11-21-17(18)23)14-3-2-4-15(19)6-5-14/h2,4-6,13,16H,3,7-12,20H2,1H3,(H,21,23). The molecule has 0 saturated carbocycles. The second kappa shape index (κ2) is 6.57. The van der Waals surface area contributed by atoms with E-state index in [1.807, 2.05) is 19.1 Å². The molecule has 2 unspecified atom stereocenters. The molecule has 3 aliphatic rings. The molecule has 2 aliphatic heterocycles. The first kappa shape index (κ1) is 16.4. The van der Waals surface area contributed by atoms with Gasteiger partial charge in [-0.2, -0.15) is 0 Å². The number of carbonyl (C=O) groups excluding carboxylic acids is 1. The molecule has 23 heavy (non-hydrogen) atoms. The second-order valence-corrected chi connectivity index (χ2v) is 7.10. The third-order valence-corrected chi connectivity index (χ3v) is 5.42. The number of nitrogens with one attached hydrogen (secondary N) is 1. The molecule has 2 heterocycles. The maximum absolute atomic E-state index is 13.4. The first-order valence-electron chi connectivity index (χ1n) is 8.50. The Balaban J connectivity index is 1.77. The molecular formula is C18H26FN3O. The van der Waals surface area contributed by atoms with Crippen molar-refractivity contribution < 1.29 is 9.18 Å². The Labute approximate surface area is 137 Å². The fraction of sp³-hybridized carbons (Fsp3) is 0.611. The van der Waals surface area contributed by atoms with Crippen LogP contribution < -0.4 is 11.1 Å². The number of rotatable bonds is 3. The lowest BCUT2D eigenvalue weighted by molar-refractivity contribution is -0.131. The summed E-state index contributed by atoms with van der Waals surface area (Å²) in [4.78, 5) is 14.9. The number of hydrogen-bond donors (Lipinski definition) is 2. The van der Waals surface area contributed by atoms with Gasteiger partial charge < -0.3 is 16.0 Å². The third kappa shape index (κ3) is 3.26. The zero-order chi connectivity index (χ0) is 16.4. The molecule has 0 aromatic rings. The van der Waals surface area contributed by atoms with E-state index in [1.165, 1.54) is 12.2 Å². The summed E-state index contributed by atoms with van der Waals surface area (Å²) >= 11 is 0. The van der Waals surface area contributed by atoms with Crippen LogP contribution in [0.5, 0.6) is 0 Å². The predicted octanol–water partition coefficient (Wildman–Crippen LogP) is 1.90. The van der Waals surface area contributed by atoms with E-state index in [0.29, 0.717) is 6.54 Å². The molecule has 3 rings (SSSR count). The number of likely N-dealkylation sites (tertiary alicyclic amines) is 1. The van der Waals surface area contributed by atoms with Gasteiger partial charge in [0, 0.05) is 25.0 Å². The Morgan fingerprint density at radius 2 is 2.17 bits per heavy atom. The van der Waals surface area contributed by atoms with Crippen LogP contribution in [-0.2, 0) is 4.79 Å². The van der Waals surface area contributed by atoms with Crippen LogP contribution in [0.3, 0.4) is 0 Å². The van der Waals surface area contributed by atoms with E-state index in [0.717, 1.165) is 44.5 Å². The molecule has 2 fully saturated rings. The molecule has 1 amide bonds. The molecule has 5 heteroatoms. The predicted molar refractivity (Wildman–Crippen MR) is 89.3 cm³/mol. The molecule has 0 radical (unpaired) electrons. The highest BCUT2D eigenvalue weighted by atomic mass is 19.1. The highest BCUT2D eigenvalue weighted by Gasteiger charge is 2.52. The van der Waals surface area contributed by atoms with Crippen molar-refractivity contribution in [2.24, 2.45) is 17.1 Å². The maximum Gasteiger partial charge on any atom is 0.227 e. The Hall–Kier alpha value is -1.46. The van der Waals surface area contributed by atoms with Gasteiger partial charge in [0.25, 0.3) is 0 Å². The van der Waals surface area contributed by atoms with Gasteiger partial charge in [-0.05, 0) is 51.4 Å². The SMILES string of the molecule is CC(N)CN1CCC2(CC1)C(=O)NCC2C1=CC=C(F)C=CC1. The van der Waals surface area contributed by atoms with Crippen LogP contribution in [0.4, 0.5) is 4.39 Å². The smallest absolute Gasteiger partial charge is 0.227 e. The van der Waals surface area contributed by atoms with Gasteiger partial charge >= 0.3 is 0 Å². The van der Waals surface area contributed by atoms with Crippen LogP contribution >= 0.6 is 0 Å². The van der Waals surface area contributed by atoms with E-state index < -0.39 is 0 Å². The molecule has 0 aromatic heterocycles. The number of nitrogens with two attached hydrogens (primary N) is 1. The first-order valence-corrected chi connectivity index (χ1v) is 8.50. The monoisotopic (exact) mass is 319 g/mol. The largest absolute Gasteiger partial charge is 0.355 e. The summed E-state index contributed by atoms with van der Waals surface area (Å²) in [5.41, 5.74) is 6.72. The molecular weight excluding hydrogens is 293 g/mol. The van der Waals surface area contributed by atoms with Crippen molar-refractivity contribution in [1.29, 1.82) is 0 Å². The van der Waals surface area contributed by atoms with Crippen LogP contribution in [0.25, 0.3) is 0 Å². The van der Waals surface area contributed by atoms with Gasteiger partial charge in [0.05, 0.1) is 5.41 Å². The molecule has 2 saturated heterocycles. The Morgan fingerprint density at radius 1 is 1.43 bits per heavy atom. The lowest BCUT2D eigenvalue weighted by atomic mass is 9.67. The Morgan fingerprint density at radius 3 is 2.87 bits per heavy atom. The highest BCUT2D eigenvalue weighted by molar-refractivity contribution is 5.86. The van der Waals surface area contributed by atoms with Crippen molar-refractivity contribution in [2.75, 3.05) is 26.2 Å². The molecule has 1 spiro atoms. The average molecular weight is 319 g/mol. The molecule has 4 nitrogen and oxygen atoms in total. The topological polar surface area (TPSA) is 58.4 Å². The van der Waals surface area contributed by atoms with E-state index in [9.17, 15) is 9.18 Å². The molecule has 126 valence electrons. The van der Waals surface area contributed by atoms with E-state index in [1.54, 1.807) is 0 Å². The van der Waals surface area contributed by atoms with Crippen molar-refractivity contribution in [3.05, 3.63) is 35.7 Å². The number of hydrogen-bond acceptors (Lipinski definition) is 3. The highest BCUT2D eigenvalue weighted by Crippen LogP contribution is 2.46. The van der Waals surface area contributed by atoms with Crippen molar-refractivity contribution >= 4 is 5.91 Å². The van der Waals surface area contributed by atoms with Crippen molar-refractivity contribution in [1.82, 2.24) is 10.2 Å². The molecule has 0 bridgehead atoms. The van der Waals surface area contributed by atoms with Crippen molar-refractivity contribution in [3.63, 3.8) is 0 Å². The Bertz CT molecular complexity index is 557. The number of amides is 1. The summed E-state index contributed by atoms with van der Waals surface area (Å²) in [5, 5.41) is 3.05. The van der Waals surface area contributed by atoms with Crippen molar-refractivity contribution in [3.8, 4) is 0 Å². The third-order valence-electron chi connectivity index (χ3n) is 5.42. The minimum absolute atomic E-state index is 0.153. The zero-order valence-electron chi connectivity index (χ0n) is 13.7. The Kier molecular flexibility index (Phi) is 4.69. The maximum atomic E-state index is 13.4. The summed E-state index contributed by atoms with van der Waals surface area (Å²) in [7, 11) is 0. The number of piperidine rings is 1. The van der Waals surface area contributed by atoms with Gasteiger partial charge in [-0.15, -0.1) is 0 Å². The summed E-state index contributed by atoms with van der Waals surface area (Å²) in [6, 6.07) is 0.153. The van der Waals surface area contributed by atoms with Gasteiger partial charge in [0.15, 0.2) is 0 Å². The summed E-state index contributed by atoms with van der Waals surface area (Å²) in [5.74, 6) is 0.110. The molecule has 1 aliphatic carbocycles. The summed E-state index contributed by atoms with van der Waals surface area (Å²) in [6.07, 6.45) is 9.16. The number of carbonyl (C=O) groups is 1. The normalized spacial score (nSPS) is 29.0. The van der Waals surface area contributed by atoms with Gasteiger partial charge in [-0.3, -0.25) is 4.79 Å². The second-order valence-electron chi connectivity index (χ2n) is 7.10. The van der Waals surface area contributed by atoms with E-state index in [2.05, 4.69) is 10.2 Å². The van der Waals surface area contributed by atoms with Gasteiger partial charge in [-0.1, -0.05) is 17.7 Å². The molecule has 2 atom stereocenters. The fourth-order valence-corrected chi connectivity index (χ4v) is 4.20. The van der Waals surface area contributed by atoms with Crippen LogP contribution in [0.1, 0.15) is 26.2 Å². The minimum Gasteiger partial charge on any atom is -0.355 e. The molecule has 0 aromatic carbocycles. The number of halogens is 1. The number of nitrogens with zero attached hydrogens (tertiary/aromatic N) is 1. The summed E-state index contributed by atoms with van der Waals surface area (Å²) < 4.78 is 13.4. The molecule has 3 N–H and O–H groups in total. The van der Waals surface area contributed by atoms with E-state index in [-0.39, 0.29) is 29.1 Å². The first-order chi connectivity index (χ1) is 11.0. The zero-order valence-corrected chi connectivity index (χ0v) is 13.7. The van der Waals surface area contributed by atoms with Gasteiger partial charge in [0.1, 0.15) is 5.83 Å². The minimum atomic E-state index is -0.331. The van der Waals surface area contributed by atoms with Crippen LogP contribution in [0.15, 0.2) is 35.7 Å². The van der Waals surface area contributed by atoms with Crippen LogP contribution in [0.2, 0.25) is 0 Å². The van der Waals surface area contributed by atoms with Crippen LogP contribution in [0, 0.1) is 11.3 Å². The van der Waals surface area contributed by atoms with Crippen molar-refractivity contribution in [2.45, 2.75) is 32.2 Å². The van der Waals surface area contributed by atoms with Crippen LogP contribution in [-0.4, -0.2) is 43.0 Å².